The molecule has 4 rings (SSSR count). The van der Waals surface area contributed by atoms with Crippen LogP contribution in [0.5, 0.6) is 0 Å². The van der Waals surface area contributed by atoms with Gasteiger partial charge in [-0.3, -0.25) is 9.36 Å². The van der Waals surface area contributed by atoms with Crippen LogP contribution in [0.15, 0.2) is 66.0 Å². The quantitative estimate of drug-likeness (QED) is 0.511. The van der Waals surface area contributed by atoms with Gasteiger partial charge in [-0.1, -0.05) is 59.8 Å². The second-order valence-corrected chi connectivity index (χ2v) is 11.8. The molecule has 1 aliphatic rings. The van der Waals surface area contributed by atoms with Crippen molar-refractivity contribution in [3.63, 3.8) is 0 Å². The number of thioether (sulfide) groups is 1. The molecule has 3 aromatic rings. The van der Waals surface area contributed by atoms with Crippen LogP contribution in [0.2, 0.25) is 0 Å². The first kappa shape index (κ1) is 22.6. The minimum Gasteiger partial charge on any atom is -0.341 e. The number of hydrogen-bond donors (Lipinski definition) is 0. The minimum absolute atomic E-state index is 0.0445. The maximum Gasteiger partial charge on any atom is 0.235 e. The summed E-state index contributed by atoms with van der Waals surface area (Å²) in [6.45, 7) is 3.90. The average Bonchev–Trinajstić information content (AvgIpc) is 3.36. The normalized spacial score (nSPS) is 18.4. The van der Waals surface area contributed by atoms with Crippen LogP contribution in [0.25, 0.3) is 16.9 Å². The standard InChI is InChI=1S/C24H27N3O3S2/c1-17-9-11-19(12-10-17)22-15-25-24(27(22)20-7-5-4-6-8-20)31-18(2)23(28)26(3)21-13-14-32(29,30)16-21/h4-12,15,18,21H,13-14,16H2,1-3H3/t18-,21-/m1/s1. The van der Waals surface area contributed by atoms with Crippen molar-refractivity contribution < 1.29 is 13.2 Å². The average molecular weight is 470 g/mol. The summed E-state index contributed by atoms with van der Waals surface area (Å²) in [6.07, 6.45) is 2.34. The molecular weight excluding hydrogens is 442 g/mol. The lowest BCUT2D eigenvalue weighted by atomic mass is 10.1. The highest BCUT2D eigenvalue weighted by atomic mass is 32.2. The Morgan fingerprint density at radius 3 is 2.47 bits per heavy atom. The molecular formula is C24H27N3O3S2. The van der Waals surface area contributed by atoms with Crippen molar-refractivity contribution in [3.8, 4) is 16.9 Å². The molecule has 6 nitrogen and oxygen atoms in total. The molecule has 32 heavy (non-hydrogen) atoms. The largest absolute Gasteiger partial charge is 0.341 e. The van der Waals surface area contributed by atoms with E-state index in [4.69, 9.17) is 0 Å². The van der Waals surface area contributed by atoms with E-state index in [-0.39, 0.29) is 23.5 Å². The van der Waals surface area contributed by atoms with E-state index < -0.39 is 15.1 Å². The number of nitrogens with zero attached hydrogens (tertiary/aromatic N) is 3. The van der Waals surface area contributed by atoms with Crippen molar-refractivity contribution in [3.05, 3.63) is 66.4 Å². The SMILES string of the molecule is Cc1ccc(-c2cnc(S[C@H](C)C(=O)N(C)[C@@H]3CCS(=O)(=O)C3)n2-c2ccccc2)cc1. The van der Waals surface area contributed by atoms with E-state index in [1.807, 2.05) is 43.5 Å². The van der Waals surface area contributed by atoms with E-state index in [1.54, 1.807) is 11.9 Å². The second kappa shape index (κ2) is 9.11. The minimum atomic E-state index is -3.05. The summed E-state index contributed by atoms with van der Waals surface area (Å²) in [4.78, 5) is 19.3. The maximum absolute atomic E-state index is 13.1. The van der Waals surface area contributed by atoms with E-state index in [0.29, 0.717) is 6.42 Å². The first-order chi connectivity index (χ1) is 15.2. The van der Waals surface area contributed by atoms with Gasteiger partial charge in [-0.2, -0.15) is 0 Å². The fraction of sp³-hybridized carbons (Fsp3) is 0.333. The van der Waals surface area contributed by atoms with Crippen molar-refractivity contribution in [1.29, 1.82) is 0 Å². The van der Waals surface area contributed by atoms with Gasteiger partial charge in [-0.15, -0.1) is 0 Å². The van der Waals surface area contributed by atoms with Gasteiger partial charge in [-0.25, -0.2) is 13.4 Å². The number of imidazole rings is 1. The third kappa shape index (κ3) is 4.76. The van der Waals surface area contributed by atoms with Gasteiger partial charge in [-0.05, 0) is 32.4 Å². The lowest BCUT2D eigenvalue weighted by Gasteiger charge is -2.26. The molecule has 2 aromatic carbocycles. The Bertz CT molecular complexity index is 1210. The Morgan fingerprint density at radius 1 is 1.16 bits per heavy atom. The van der Waals surface area contributed by atoms with Gasteiger partial charge in [0.15, 0.2) is 15.0 Å². The molecule has 0 N–H and O–H groups in total. The number of aryl methyl sites for hydroxylation is 1. The highest BCUT2D eigenvalue weighted by Gasteiger charge is 2.34. The van der Waals surface area contributed by atoms with Crippen molar-refractivity contribution in [1.82, 2.24) is 14.5 Å². The second-order valence-electron chi connectivity index (χ2n) is 8.23. The van der Waals surface area contributed by atoms with E-state index in [0.717, 1.165) is 22.1 Å². The van der Waals surface area contributed by atoms with Crippen LogP contribution < -0.4 is 0 Å². The fourth-order valence-corrected chi connectivity index (χ4v) is 6.71. The summed E-state index contributed by atoms with van der Waals surface area (Å²) in [6, 6.07) is 18.0. The molecule has 0 unspecified atom stereocenters. The van der Waals surface area contributed by atoms with E-state index in [2.05, 4.69) is 40.7 Å². The predicted molar refractivity (Wildman–Crippen MR) is 129 cm³/mol. The number of hydrogen-bond acceptors (Lipinski definition) is 5. The number of para-hydroxylation sites is 1. The molecule has 1 saturated heterocycles. The highest BCUT2D eigenvalue weighted by molar-refractivity contribution is 8.00. The van der Waals surface area contributed by atoms with Crippen molar-refractivity contribution >= 4 is 27.5 Å². The number of sulfone groups is 1. The lowest BCUT2D eigenvalue weighted by molar-refractivity contribution is -0.130. The summed E-state index contributed by atoms with van der Waals surface area (Å²) in [5.74, 6) is 0.106. The molecule has 1 aliphatic heterocycles. The Hall–Kier alpha value is -2.58. The summed E-state index contributed by atoms with van der Waals surface area (Å²) < 4.78 is 25.7. The number of rotatable bonds is 6. The molecule has 0 bridgehead atoms. The topological polar surface area (TPSA) is 72.3 Å². The van der Waals surface area contributed by atoms with Crippen molar-refractivity contribution in [2.24, 2.45) is 0 Å². The van der Waals surface area contributed by atoms with Gasteiger partial charge in [0, 0.05) is 24.3 Å². The van der Waals surface area contributed by atoms with Crippen LogP contribution in [0.1, 0.15) is 18.9 Å². The molecule has 1 fully saturated rings. The van der Waals surface area contributed by atoms with Crippen molar-refractivity contribution in [2.75, 3.05) is 18.6 Å². The third-order valence-electron chi connectivity index (χ3n) is 5.82. The van der Waals surface area contributed by atoms with Crippen LogP contribution in [-0.2, 0) is 14.6 Å². The molecule has 0 aliphatic carbocycles. The van der Waals surface area contributed by atoms with E-state index in [1.165, 1.54) is 17.3 Å². The zero-order valence-electron chi connectivity index (χ0n) is 18.4. The fourth-order valence-electron chi connectivity index (χ4n) is 3.93. The molecule has 1 aromatic heterocycles. The van der Waals surface area contributed by atoms with Gasteiger partial charge < -0.3 is 4.90 Å². The van der Waals surface area contributed by atoms with Crippen LogP contribution in [0.3, 0.4) is 0 Å². The number of amides is 1. The number of aromatic nitrogens is 2. The summed E-state index contributed by atoms with van der Waals surface area (Å²) in [7, 11) is -1.35. The lowest BCUT2D eigenvalue weighted by Crippen LogP contribution is -2.41. The maximum atomic E-state index is 13.1. The zero-order chi connectivity index (χ0) is 22.9. The van der Waals surface area contributed by atoms with Gasteiger partial charge in [0.2, 0.25) is 5.91 Å². The Balaban J connectivity index is 1.62. The van der Waals surface area contributed by atoms with Gasteiger partial charge in [0.25, 0.3) is 0 Å². The molecule has 8 heteroatoms. The molecule has 0 saturated carbocycles. The summed E-state index contributed by atoms with van der Waals surface area (Å²) in [5.41, 5.74) is 4.16. The highest BCUT2D eigenvalue weighted by Crippen LogP contribution is 2.32. The number of benzene rings is 2. The van der Waals surface area contributed by atoms with Gasteiger partial charge >= 0.3 is 0 Å². The van der Waals surface area contributed by atoms with Gasteiger partial charge in [0.05, 0.1) is 28.6 Å². The van der Waals surface area contributed by atoms with Crippen LogP contribution in [0.4, 0.5) is 0 Å². The Morgan fingerprint density at radius 2 is 1.84 bits per heavy atom. The molecule has 2 heterocycles. The molecule has 2 atom stereocenters. The summed E-state index contributed by atoms with van der Waals surface area (Å²) in [5, 5.41) is 0.319. The van der Waals surface area contributed by atoms with Crippen LogP contribution in [-0.4, -0.2) is 58.6 Å². The summed E-state index contributed by atoms with van der Waals surface area (Å²) >= 11 is 1.39. The van der Waals surface area contributed by atoms with Crippen molar-refractivity contribution in [2.45, 2.75) is 36.7 Å². The Kier molecular flexibility index (Phi) is 6.44. The van der Waals surface area contributed by atoms with E-state index in [9.17, 15) is 13.2 Å². The molecule has 168 valence electrons. The zero-order valence-corrected chi connectivity index (χ0v) is 20.1. The molecule has 1 amide bonds. The van der Waals surface area contributed by atoms with E-state index >= 15 is 0 Å². The van der Waals surface area contributed by atoms with Crippen LogP contribution in [0, 0.1) is 6.92 Å². The molecule has 0 radical (unpaired) electrons. The monoisotopic (exact) mass is 469 g/mol. The van der Waals surface area contributed by atoms with Gasteiger partial charge in [0.1, 0.15) is 0 Å². The van der Waals surface area contributed by atoms with Crippen LogP contribution >= 0.6 is 11.8 Å². The predicted octanol–water partition coefficient (Wildman–Crippen LogP) is 3.97. The Labute approximate surface area is 193 Å². The first-order valence-corrected chi connectivity index (χ1v) is 13.3. The first-order valence-electron chi connectivity index (χ1n) is 10.6. The smallest absolute Gasteiger partial charge is 0.235 e. The third-order valence-corrected chi connectivity index (χ3v) is 8.63. The molecule has 0 spiro atoms. The number of carbonyl (C=O) groups excluding carboxylic acids is 1. The number of carbonyl (C=O) groups is 1.